The molecule has 3 rings (SSSR count). The molecule has 3 aromatic rings. The minimum Gasteiger partial charge on any atom is -0.497 e. The van der Waals surface area contributed by atoms with E-state index >= 15 is 0 Å². The quantitative estimate of drug-likeness (QED) is 0.415. The maximum atomic E-state index is 12.7. The molecule has 0 aromatic heterocycles. The first-order valence-corrected chi connectivity index (χ1v) is 9.33. The summed E-state index contributed by atoms with van der Waals surface area (Å²) in [4.78, 5) is 24.4. The summed E-state index contributed by atoms with van der Waals surface area (Å²) >= 11 is 7.45. The molecule has 0 bridgehead atoms. The third kappa shape index (κ3) is 4.62. The summed E-state index contributed by atoms with van der Waals surface area (Å²) in [5, 5.41) is 14.0. The monoisotopic (exact) mass is 414 g/mol. The molecule has 0 radical (unpaired) electrons. The second-order valence-electron chi connectivity index (χ2n) is 5.65. The van der Waals surface area contributed by atoms with Crippen molar-refractivity contribution in [3.63, 3.8) is 0 Å². The fraction of sp³-hybridized carbons (Fsp3) is 0.0500. The fourth-order valence-corrected chi connectivity index (χ4v) is 3.66. The van der Waals surface area contributed by atoms with Crippen LogP contribution in [0.5, 0.6) is 5.75 Å². The van der Waals surface area contributed by atoms with E-state index in [0.29, 0.717) is 26.8 Å². The molecule has 0 spiro atoms. The summed E-state index contributed by atoms with van der Waals surface area (Å²) < 4.78 is 5.11. The number of non-ortho nitro benzene ring substituents is 1. The van der Waals surface area contributed by atoms with E-state index in [1.807, 2.05) is 6.07 Å². The number of methoxy groups -OCH3 is 1. The predicted octanol–water partition coefficient (Wildman–Crippen LogP) is 5.66. The van der Waals surface area contributed by atoms with Crippen LogP contribution in [0.2, 0.25) is 5.02 Å². The highest BCUT2D eigenvalue weighted by atomic mass is 35.5. The summed E-state index contributed by atoms with van der Waals surface area (Å²) in [7, 11) is 1.57. The maximum absolute atomic E-state index is 12.7. The smallest absolute Gasteiger partial charge is 0.270 e. The number of carbonyl (C=O) groups excluding carboxylic acids is 1. The summed E-state index contributed by atoms with van der Waals surface area (Å²) in [5.41, 5.74) is 1.02. The Hall–Kier alpha value is -3.03. The predicted molar refractivity (Wildman–Crippen MR) is 110 cm³/mol. The number of rotatable bonds is 6. The van der Waals surface area contributed by atoms with Crippen LogP contribution in [-0.4, -0.2) is 17.9 Å². The Morgan fingerprint density at radius 1 is 1.07 bits per heavy atom. The second-order valence-corrected chi connectivity index (χ2v) is 7.14. The van der Waals surface area contributed by atoms with E-state index in [0.717, 1.165) is 0 Å². The highest BCUT2D eigenvalue weighted by Crippen LogP contribution is 2.37. The van der Waals surface area contributed by atoms with Gasteiger partial charge >= 0.3 is 0 Å². The zero-order valence-corrected chi connectivity index (χ0v) is 16.3. The number of amides is 1. The van der Waals surface area contributed by atoms with Gasteiger partial charge in [-0.1, -0.05) is 35.5 Å². The van der Waals surface area contributed by atoms with Crippen molar-refractivity contribution in [3.05, 3.63) is 87.4 Å². The van der Waals surface area contributed by atoms with Crippen LogP contribution in [0.4, 0.5) is 11.4 Å². The van der Waals surface area contributed by atoms with Gasteiger partial charge < -0.3 is 10.1 Å². The largest absolute Gasteiger partial charge is 0.497 e. The van der Waals surface area contributed by atoms with Crippen LogP contribution < -0.4 is 10.1 Å². The van der Waals surface area contributed by atoms with Crippen LogP contribution >= 0.6 is 23.4 Å². The van der Waals surface area contributed by atoms with Gasteiger partial charge in [0, 0.05) is 27.6 Å². The molecule has 1 amide bonds. The molecule has 0 aliphatic rings. The van der Waals surface area contributed by atoms with Gasteiger partial charge in [0.2, 0.25) is 0 Å². The highest BCUT2D eigenvalue weighted by Gasteiger charge is 2.15. The van der Waals surface area contributed by atoms with Gasteiger partial charge in [0.05, 0.1) is 22.6 Å². The van der Waals surface area contributed by atoms with E-state index in [1.54, 1.807) is 55.6 Å². The number of benzene rings is 3. The average molecular weight is 415 g/mol. The lowest BCUT2D eigenvalue weighted by atomic mass is 10.2. The summed E-state index contributed by atoms with van der Waals surface area (Å²) in [6.45, 7) is 0. The minimum absolute atomic E-state index is 0.0834. The first-order chi connectivity index (χ1) is 13.5. The van der Waals surface area contributed by atoms with Crippen molar-refractivity contribution < 1.29 is 14.5 Å². The molecule has 0 atom stereocenters. The van der Waals surface area contributed by atoms with Crippen molar-refractivity contribution in [2.45, 2.75) is 9.79 Å². The van der Waals surface area contributed by atoms with Crippen LogP contribution in [0.3, 0.4) is 0 Å². The molecule has 1 N–H and O–H groups in total. The van der Waals surface area contributed by atoms with Gasteiger partial charge in [0.15, 0.2) is 0 Å². The molecule has 0 saturated heterocycles. The summed E-state index contributed by atoms with van der Waals surface area (Å²) in [6.07, 6.45) is 0. The molecule has 0 unspecified atom stereocenters. The molecule has 142 valence electrons. The molecule has 0 fully saturated rings. The molecular weight excluding hydrogens is 400 g/mol. The van der Waals surface area contributed by atoms with E-state index in [1.165, 1.54) is 23.9 Å². The molecule has 3 aromatic carbocycles. The topological polar surface area (TPSA) is 81.5 Å². The van der Waals surface area contributed by atoms with Crippen LogP contribution in [0.25, 0.3) is 0 Å². The Morgan fingerprint density at radius 3 is 2.43 bits per heavy atom. The Balaban J connectivity index is 1.82. The van der Waals surface area contributed by atoms with E-state index in [-0.39, 0.29) is 16.6 Å². The molecule has 0 heterocycles. The number of nitro benzene ring substituents is 1. The van der Waals surface area contributed by atoms with E-state index < -0.39 is 4.92 Å². The Bertz CT molecular complexity index is 1020. The van der Waals surface area contributed by atoms with Crippen molar-refractivity contribution in [2.75, 3.05) is 12.4 Å². The zero-order chi connectivity index (χ0) is 20.1. The molecule has 0 aliphatic heterocycles. The SMILES string of the molecule is COc1ccc(NC(=O)c2ccccc2Sc2ccc([N+](=O)[O-])cc2Cl)cc1. The Morgan fingerprint density at radius 2 is 1.79 bits per heavy atom. The molecule has 8 heteroatoms. The lowest BCUT2D eigenvalue weighted by Gasteiger charge is -2.11. The fourth-order valence-electron chi connectivity index (χ4n) is 2.42. The Labute approximate surface area is 170 Å². The number of halogens is 1. The number of nitrogens with one attached hydrogen (secondary N) is 1. The van der Waals surface area contributed by atoms with Gasteiger partial charge in [0.1, 0.15) is 5.75 Å². The van der Waals surface area contributed by atoms with Gasteiger partial charge in [-0.25, -0.2) is 0 Å². The number of hydrogen-bond acceptors (Lipinski definition) is 5. The van der Waals surface area contributed by atoms with Crippen LogP contribution in [-0.2, 0) is 0 Å². The van der Waals surface area contributed by atoms with Crippen LogP contribution in [0.1, 0.15) is 10.4 Å². The molecule has 0 saturated carbocycles. The van der Waals surface area contributed by atoms with Gasteiger partial charge in [0.25, 0.3) is 11.6 Å². The molecular formula is C20H15ClN2O4S. The van der Waals surface area contributed by atoms with E-state index in [9.17, 15) is 14.9 Å². The average Bonchev–Trinajstić information content (AvgIpc) is 2.70. The van der Waals surface area contributed by atoms with Crippen molar-refractivity contribution >= 4 is 40.6 Å². The number of hydrogen-bond donors (Lipinski definition) is 1. The third-order valence-electron chi connectivity index (χ3n) is 3.83. The van der Waals surface area contributed by atoms with E-state index in [4.69, 9.17) is 16.3 Å². The van der Waals surface area contributed by atoms with Crippen LogP contribution in [0, 0.1) is 10.1 Å². The number of ether oxygens (including phenoxy) is 1. The highest BCUT2D eigenvalue weighted by molar-refractivity contribution is 7.99. The van der Waals surface area contributed by atoms with Gasteiger partial charge in [-0.2, -0.15) is 0 Å². The van der Waals surface area contributed by atoms with Gasteiger partial charge in [-0.15, -0.1) is 0 Å². The number of nitro groups is 1. The van der Waals surface area contributed by atoms with Crippen LogP contribution in [0.15, 0.2) is 76.5 Å². The Kier molecular flexibility index (Phi) is 6.18. The lowest BCUT2D eigenvalue weighted by Crippen LogP contribution is -2.12. The zero-order valence-electron chi connectivity index (χ0n) is 14.7. The third-order valence-corrected chi connectivity index (χ3v) is 5.40. The summed E-state index contributed by atoms with van der Waals surface area (Å²) in [6, 6.07) is 18.3. The van der Waals surface area contributed by atoms with Crippen molar-refractivity contribution in [1.82, 2.24) is 0 Å². The lowest BCUT2D eigenvalue weighted by molar-refractivity contribution is -0.384. The first-order valence-electron chi connectivity index (χ1n) is 8.14. The molecule has 28 heavy (non-hydrogen) atoms. The standard InChI is InChI=1S/C20H15ClN2O4S/c1-27-15-9-6-13(7-10-15)22-20(24)16-4-2-3-5-18(16)28-19-11-8-14(23(25)26)12-17(19)21/h2-12H,1H3,(H,22,24). The van der Waals surface area contributed by atoms with Gasteiger partial charge in [-0.3, -0.25) is 14.9 Å². The summed E-state index contributed by atoms with van der Waals surface area (Å²) in [5.74, 6) is 0.424. The normalized spacial score (nSPS) is 10.4. The number of nitrogens with zero attached hydrogens (tertiary/aromatic N) is 1. The first kappa shape index (κ1) is 19.7. The number of carbonyl (C=O) groups is 1. The van der Waals surface area contributed by atoms with Gasteiger partial charge in [-0.05, 0) is 42.5 Å². The number of anilines is 1. The van der Waals surface area contributed by atoms with E-state index in [2.05, 4.69) is 5.32 Å². The minimum atomic E-state index is -0.503. The van der Waals surface area contributed by atoms with Crippen molar-refractivity contribution in [1.29, 1.82) is 0 Å². The van der Waals surface area contributed by atoms with Crippen molar-refractivity contribution in [3.8, 4) is 5.75 Å². The molecule has 6 nitrogen and oxygen atoms in total. The second kappa shape index (κ2) is 8.77. The molecule has 0 aliphatic carbocycles. The van der Waals surface area contributed by atoms with Crippen molar-refractivity contribution in [2.24, 2.45) is 0 Å². The maximum Gasteiger partial charge on any atom is 0.270 e.